The summed E-state index contributed by atoms with van der Waals surface area (Å²) >= 11 is 1.25. The van der Waals surface area contributed by atoms with E-state index in [-0.39, 0.29) is 0 Å². The lowest BCUT2D eigenvalue weighted by Gasteiger charge is -2.12. The number of nitrogens with zero attached hydrogens (tertiary/aromatic N) is 5. The van der Waals surface area contributed by atoms with Crippen LogP contribution in [0.2, 0.25) is 0 Å². The molecule has 8 rings (SSSR count). The van der Waals surface area contributed by atoms with Crippen molar-refractivity contribution in [2.45, 2.75) is 13.3 Å². The first-order valence-electron chi connectivity index (χ1n) is 13.4. The fourth-order valence-electron chi connectivity index (χ4n) is 5.74. The minimum Gasteiger partial charge on any atom is -0.296 e. The second-order valence-corrected chi connectivity index (χ2v) is 10.5. The maximum absolute atomic E-state index is 5.21. The zero-order chi connectivity index (χ0) is 26.6. The number of imidazole rings is 1. The van der Waals surface area contributed by atoms with Crippen molar-refractivity contribution >= 4 is 55.5 Å². The summed E-state index contributed by atoms with van der Waals surface area (Å²) in [4.78, 5) is 10.1. The lowest BCUT2D eigenvalue weighted by molar-refractivity contribution is 0.908. The first kappa shape index (κ1) is 23.0. The molecule has 6 heteroatoms. The van der Waals surface area contributed by atoms with E-state index >= 15 is 0 Å². The molecule has 0 atom stereocenters. The first-order chi connectivity index (χ1) is 19.8. The largest absolute Gasteiger partial charge is 0.296 e. The van der Waals surface area contributed by atoms with E-state index in [1.807, 2.05) is 18.2 Å². The molecule has 8 aromatic rings. The summed E-state index contributed by atoms with van der Waals surface area (Å²) in [5.41, 5.74) is 10.4. The van der Waals surface area contributed by atoms with E-state index in [1.54, 1.807) is 0 Å². The van der Waals surface area contributed by atoms with Crippen molar-refractivity contribution in [1.29, 1.82) is 0 Å². The quantitative estimate of drug-likeness (QED) is 0.213. The highest BCUT2D eigenvalue weighted by Crippen LogP contribution is 2.37. The molecule has 0 amide bonds. The van der Waals surface area contributed by atoms with Gasteiger partial charge in [0.05, 0.1) is 34.0 Å². The Bertz CT molecular complexity index is 2190. The van der Waals surface area contributed by atoms with Gasteiger partial charge in [0, 0.05) is 33.8 Å². The average Bonchev–Trinajstić information content (AvgIpc) is 3.65. The molecule has 3 heterocycles. The molecular formula is C34H23N5S. The van der Waals surface area contributed by atoms with Crippen molar-refractivity contribution in [3.05, 3.63) is 115 Å². The Morgan fingerprint density at radius 1 is 0.625 bits per heavy atom. The maximum Gasteiger partial charge on any atom is 0.114 e. The zero-order valence-corrected chi connectivity index (χ0v) is 22.6. The van der Waals surface area contributed by atoms with Gasteiger partial charge in [-0.05, 0) is 53.6 Å². The van der Waals surface area contributed by atoms with Crippen LogP contribution in [0.25, 0.3) is 71.8 Å². The van der Waals surface area contributed by atoms with Crippen molar-refractivity contribution in [2.75, 3.05) is 0 Å². The van der Waals surface area contributed by atoms with E-state index < -0.39 is 0 Å². The fraction of sp³-hybridized carbons (Fsp3) is 0.0588. The molecule has 0 spiro atoms. The number of pyridine rings is 1. The number of aryl methyl sites for hydroxylation is 1. The number of hydrogen-bond donors (Lipinski definition) is 0. The van der Waals surface area contributed by atoms with E-state index in [0.717, 1.165) is 84.1 Å². The number of rotatable bonds is 4. The van der Waals surface area contributed by atoms with Crippen molar-refractivity contribution < 1.29 is 0 Å². The van der Waals surface area contributed by atoms with Gasteiger partial charge in [0.1, 0.15) is 16.9 Å². The molecule has 0 aliphatic heterocycles. The van der Waals surface area contributed by atoms with Crippen molar-refractivity contribution in [3.63, 3.8) is 0 Å². The highest BCUT2D eigenvalue weighted by Gasteiger charge is 2.16. The fourth-order valence-corrected chi connectivity index (χ4v) is 6.28. The van der Waals surface area contributed by atoms with Crippen molar-refractivity contribution in [3.8, 4) is 28.1 Å². The summed E-state index contributed by atoms with van der Waals surface area (Å²) in [5, 5.41) is 3.29. The molecule has 5 aromatic carbocycles. The van der Waals surface area contributed by atoms with E-state index in [2.05, 4.69) is 111 Å². The van der Waals surface area contributed by atoms with E-state index in [0.29, 0.717) is 0 Å². The highest BCUT2D eigenvalue weighted by molar-refractivity contribution is 7.00. The number of fused-ring (bicyclic) bond motifs is 6. The molecule has 3 aromatic heterocycles. The molecule has 0 radical (unpaired) electrons. The van der Waals surface area contributed by atoms with Gasteiger partial charge < -0.3 is 0 Å². The van der Waals surface area contributed by atoms with Gasteiger partial charge in [0.15, 0.2) is 0 Å². The summed E-state index contributed by atoms with van der Waals surface area (Å²) in [7, 11) is 0. The third-order valence-corrected chi connectivity index (χ3v) is 8.18. The van der Waals surface area contributed by atoms with Gasteiger partial charge >= 0.3 is 0 Å². The van der Waals surface area contributed by atoms with Crippen molar-refractivity contribution in [2.24, 2.45) is 0 Å². The Morgan fingerprint density at radius 2 is 1.40 bits per heavy atom. The molecule has 0 unspecified atom stereocenters. The third-order valence-electron chi connectivity index (χ3n) is 7.63. The number of benzene rings is 5. The normalized spacial score (nSPS) is 11.7. The van der Waals surface area contributed by atoms with Gasteiger partial charge in [-0.1, -0.05) is 73.7 Å². The molecule has 0 N–H and O–H groups in total. The van der Waals surface area contributed by atoms with E-state index in [4.69, 9.17) is 9.97 Å². The van der Waals surface area contributed by atoms with Crippen LogP contribution in [-0.4, -0.2) is 23.3 Å². The second kappa shape index (κ2) is 9.07. The van der Waals surface area contributed by atoms with Crippen LogP contribution in [-0.2, 0) is 6.42 Å². The molecule has 190 valence electrons. The monoisotopic (exact) mass is 533 g/mol. The van der Waals surface area contributed by atoms with Crippen LogP contribution >= 0.6 is 11.7 Å². The average molecular weight is 534 g/mol. The summed E-state index contributed by atoms with van der Waals surface area (Å²) in [6.07, 6.45) is 0.867. The Balaban J connectivity index is 1.30. The van der Waals surface area contributed by atoms with Gasteiger partial charge in [-0.2, -0.15) is 8.75 Å². The first-order valence-corrected chi connectivity index (χ1v) is 14.1. The summed E-state index contributed by atoms with van der Waals surface area (Å²) in [5.74, 6) is 1.06. The van der Waals surface area contributed by atoms with Gasteiger partial charge in [0.25, 0.3) is 0 Å². The molecule has 0 saturated heterocycles. The Labute approximate surface area is 234 Å². The zero-order valence-electron chi connectivity index (χ0n) is 21.7. The second-order valence-electron chi connectivity index (χ2n) is 9.93. The molecule has 5 nitrogen and oxygen atoms in total. The minimum absolute atomic E-state index is 0.867. The van der Waals surface area contributed by atoms with Crippen LogP contribution in [0.3, 0.4) is 0 Å². The lowest BCUT2D eigenvalue weighted by Crippen LogP contribution is -1.99. The molecule has 0 saturated carbocycles. The van der Waals surface area contributed by atoms with Gasteiger partial charge in [-0.3, -0.25) is 4.57 Å². The lowest BCUT2D eigenvalue weighted by atomic mass is 9.96. The van der Waals surface area contributed by atoms with Gasteiger partial charge in [0.2, 0.25) is 0 Å². The van der Waals surface area contributed by atoms with E-state index in [1.165, 1.54) is 11.7 Å². The predicted octanol–water partition coefficient (Wildman–Crippen LogP) is 8.63. The van der Waals surface area contributed by atoms with Crippen LogP contribution in [0.1, 0.15) is 12.7 Å². The molecular weight excluding hydrogens is 510 g/mol. The van der Waals surface area contributed by atoms with Crippen LogP contribution in [0.4, 0.5) is 0 Å². The Morgan fingerprint density at radius 3 is 2.25 bits per heavy atom. The molecule has 40 heavy (non-hydrogen) atoms. The Kier molecular flexibility index (Phi) is 5.21. The van der Waals surface area contributed by atoms with Gasteiger partial charge in [-0.25, -0.2) is 9.97 Å². The number of hydrogen-bond acceptors (Lipinski definition) is 5. The van der Waals surface area contributed by atoms with Crippen LogP contribution in [0.5, 0.6) is 0 Å². The number of aromatic nitrogens is 5. The standard InChI is InChI=1S/C34H23N5S/c1-2-31-35-27-10-6-7-11-30(27)39(31)24-15-12-21(13-16-24)23-14-17-25-29(20-23)36-33(22-8-4-3-5-9-22)26-18-19-28-34(32(25)26)38-40-37-28/h3-20H,2H2,1H3. The van der Waals surface area contributed by atoms with Crippen LogP contribution in [0, 0.1) is 0 Å². The van der Waals surface area contributed by atoms with E-state index in [9.17, 15) is 0 Å². The molecule has 0 fully saturated rings. The summed E-state index contributed by atoms with van der Waals surface area (Å²) < 4.78 is 11.4. The smallest absolute Gasteiger partial charge is 0.114 e. The molecule has 0 aliphatic carbocycles. The van der Waals surface area contributed by atoms with Crippen LogP contribution in [0.15, 0.2) is 109 Å². The topological polar surface area (TPSA) is 56.5 Å². The molecule has 0 bridgehead atoms. The summed E-state index contributed by atoms with van der Waals surface area (Å²) in [6.45, 7) is 2.15. The third kappa shape index (κ3) is 3.53. The summed E-state index contributed by atoms with van der Waals surface area (Å²) in [6, 6.07) is 38.2. The SMILES string of the molecule is CCc1nc2ccccc2n1-c1ccc(-c2ccc3c(c2)nc(-c2ccccc2)c2ccc4nsnc4c23)cc1. The van der Waals surface area contributed by atoms with Crippen molar-refractivity contribution in [1.82, 2.24) is 23.3 Å². The predicted molar refractivity (Wildman–Crippen MR) is 165 cm³/mol. The Hall–Kier alpha value is -4.94. The maximum atomic E-state index is 5.21. The highest BCUT2D eigenvalue weighted by atomic mass is 32.1. The number of para-hydroxylation sites is 2. The minimum atomic E-state index is 0.867. The molecule has 0 aliphatic rings. The van der Waals surface area contributed by atoms with Gasteiger partial charge in [-0.15, -0.1) is 0 Å². The van der Waals surface area contributed by atoms with Crippen LogP contribution < -0.4 is 0 Å².